The van der Waals surface area contributed by atoms with Crippen molar-refractivity contribution in [2.24, 2.45) is 0 Å². The molecule has 98 valence electrons. The van der Waals surface area contributed by atoms with Crippen LogP contribution in [-0.4, -0.2) is 17.9 Å². The van der Waals surface area contributed by atoms with Crippen molar-refractivity contribution in [2.45, 2.75) is 19.3 Å². The number of carbonyl (C=O) groups is 1. The van der Waals surface area contributed by atoms with Gasteiger partial charge in [0.2, 0.25) is 0 Å². The van der Waals surface area contributed by atoms with Crippen molar-refractivity contribution < 1.29 is 9.53 Å². The highest BCUT2D eigenvalue weighted by Crippen LogP contribution is 2.39. The highest BCUT2D eigenvalue weighted by Gasteiger charge is 2.25. The number of fused-ring (bicyclic) bond motifs is 2. The van der Waals surface area contributed by atoms with Gasteiger partial charge in [0.05, 0.1) is 22.7 Å². The third-order valence-corrected chi connectivity index (χ3v) is 4.19. The number of aromatic nitrogens is 1. The van der Waals surface area contributed by atoms with Crippen LogP contribution in [0.25, 0.3) is 10.9 Å². The Morgan fingerprint density at radius 3 is 2.79 bits per heavy atom. The number of ether oxygens (including phenoxy) is 1. The van der Waals surface area contributed by atoms with Crippen molar-refractivity contribution in [1.82, 2.24) is 4.98 Å². The van der Waals surface area contributed by atoms with E-state index < -0.39 is 0 Å². The van der Waals surface area contributed by atoms with Gasteiger partial charge in [-0.1, -0.05) is 23.2 Å². The number of nitrogens with zero attached hydrogens (tertiary/aromatic N) is 1. The van der Waals surface area contributed by atoms with Crippen molar-refractivity contribution in [3.05, 3.63) is 33.4 Å². The summed E-state index contributed by atoms with van der Waals surface area (Å²) >= 11 is 12.2. The lowest BCUT2D eigenvalue weighted by Crippen LogP contribution is -2.14. The zero-order valence-corrected chi connectivity index (χ0v) is 11.8. The van der Waals surface area contributed by atoms with Crippen LogP contribution in [0, 0.1) is 0 Å². The van der Waals surface area contributed by atoms with Gasteiger partial charge in [0, 0.05) is 17.4 Å². The van der Waals surface area contributed by atoms with Crippen molar-refractivity contribution in [2.75, 3.05) is 7.11 Å². The maximum atomic E-state index is 12.0. The summed E-state index contributed by atoms with van der Waals surface area (Å²) in [6.07, 6.45) is 2.15. The number of hydrogen-bond donors (Lipinski definition) is 0. The van der Waals surface area contributed by atoms with E-state index in [-0.39, 0.29) is 5.78 Å². The van der Waals surface area contributed by atoms with Crippen LogP contribution in [0.15, 0.2) is 12.1 Å². The lowest BCUT2D eigenvalue weighted by atomic mass is 9.92. The molecule has 0 radical (unpaired) electrons. The molecule has 0 saturated carbocycles. The molecular weight excluding hydrogens is 285 g/mol. The summed E-state index contributed by atoms with van der Waals surface area (Å²) in [4.78, 5) is 16.4. The molecule has 1 aliphatic rings. The minimum Gasteiger partial charge on any atom is -0.496 e. The van der Waals surface area contributed by atoms with E-state index in [1.165, 1.54) is 0 Å². The third kappa shape index (κ3) is 1.88. The lowest BCUT2D eigenvalue weighted by Gasteiger charge is -2.19. The Morgan fingerprint density at radius 2 is 2.05 bits per heavy atom. The van der Waals surface area contributed by atoms with Gasteiger partial charge in [-0.15, -0.1) is 0 Å². The third-order valence-electron chi connectivity index (χ3n) is 3.40. The first kappa shape index (κ1) is 12.7. The van der Waals surface area contributed by atoms with Gasteiger partial charge in [-0.3, -0.25) is 4.79 Å². The lowest BCUT2D eigenvalue weighted by molar-refractivity contribution is 0.0967. The van der Waals surface area contributed by atoms with Crippen LogP contribution in [-0.2, 0) is 6.42 Å². The Kier molecular flexibility index (Phi) is 3.11. The molecule has 1 aromatic heterocycles. The predicted octanol–water partition coefficient (Wildman–Crippen LogP) is 4.07. The molecule has 0 atom stereocenters. The summed E-state index contributed by atoms with van der Waals surface area (Å²) in [5.41, 5.74) is 1.88. The number of benzene rings is 1. The Labute approximate surface area is 120 Å². The number of carbonyl (C=O) groups excluding carboxylic acids is 1. The molecule has 0 fully saturated rings. The topological polar surface area (TPSA) is 39.2 Å². The molecule has 0 spiro atoms. The van der Waals surface area contributed by atoms with Crippen molar-refractivity contribution in [3.8, 4) is 5.75 Å². The summed E-state index contributed by atoms with van der Waals surface area (Å²) < 4.78 is 5.48. The van der Waals surface area contributed by atoms with E-state index in [9.17, 15) is 4.79 Å². The summed E-state index contributed by atoms with van der Waals surface area (Å²) in [6, 6.07) is 3.54. The summed E-state index contributed by atoms with van der Waals surface area (Å²) in [5.74, 6) is 0.726. The molecule has 0 bridgehead atoms. The molecule has 0 saturated heterocycles. The Balaban J connectivity index is 2.44. The average Bonchev–Trinajstić information content (AvgIpc) is 2.42. The fraction of sp³-hybridized carbons (Fsp3) is 0.286. The van der Waals surface area contributed by atoms with Crippen molar-refractivity contribution in [1.29, 1.82) is 0 Å². The zero-order valence-electron chi connectivity index (χ0n) is 10.3. The molecule has 5 heteroatoms. The molecule has 0 aliphatic heterocycles. The molecule has 1 aromatic carbocycles. The van der Waals surface area contributed by atoms with Crippen LogP contribution >= 0.6 is 23.2 Å². The van der Waals surface area contributed by atoms with Crippen LogP contribution in [0.1, 0.15) is 28.9 Å². The normalized spacial score (nSPS) is 14.6. The Bertz CT molecular complexity index is 698. The van der Waals surface area contributed by atoms with E-state index in [0.29, 0.717) is 33.4 Å². The molecule has 3 rings (SSSR count). The van der Waals surface area contributed by atoms with Crippen LogP contribution < -0.4 is 4.74 Å². The quantitative estimate of drug-likeness (QED) is 0.796. The molecule has 1 aliphatic carbocycles. The van der Waals surface area contributed by atoms with E-state index in [1.807, 2.05) is 6.07 Å². The van der Waals surface area contributed by atoms with E-state index in [2.05, 4.69) is 4.98 Å². The van der Waals surface area contributed by atoms with E-state index in [0.717, 1.165) is 23.8 Å². The standard InChI is InChI=1S/C14H11Cl2NO2/c1-19-14-7-3-2-4-10(18)12(7)17-13-8(14)5-6-9(15)11(13)16/h5-6H,2-4H2,1H3. The van der Waals surface area contributed by atoms with Crippen LogP contribution in [0.5, 0.6) is 5.75 Å². The fourth-order valence-corrected chi connectivity index (χ4v) is 2.88. The second-order valence-corrected chi connectivity index (χ2v) is 5.29. The smallest absolute Gasteiger partial charge is 0.181 e. The monoisotopic (exact) mass is 295 g/mol. The van der Waals surface area contributed by atoms with E-state index in [4.69, 9.17) is 27.9 Å². The summed E-state index contributed by atoms with van der Waals surface area (Å²) in [5, 5.41) is 1.58. The number of methoxy groups -OCH3 is 1. The second-order valence-electron chi connectivity index (χ2n) is 4.51. The van der Waals surface area contributed by atoms with Gasteiger partial charge in [0.1, 0.15) is 11.4 Å². The Morgan fingerprint density at radius 1 is 1.26 bits per heavy atom. The molecular formula is C14H11Cl2NO2. The average molecular weight is 296 g/mol. The molecule has 2 aromatic rings. The number of Topliss-reactive ketones (excluding diaryl/α,β-unsaturated/α-hetero) is 1. The zero-order chi connectivity index (χ0) is 13.6. The minimum atomic E-state index is 0.0393. The van der Waals surface area contributed by atoms with E-state index >= 15 is 0 Å². The van der Waals surface area contributed by atoms with Gasteiger partial charge >= 0.3 is 0 Å². The van der Waals surface area contributed by atoms with Gasteiger partial charge < -0.3 is 4.74 Å². The predicted molar refractivity (Wildman–Crippen MR) is 75.6 cm³/mol. The number of ketones is 1. The van der Waals surface area contributed by atoms with Crippen LogP contribution in [0.3, 0.4) is 0 Å². The molecule has 19 heavy (non-hydrogen) atoms. The molecule has 0 amide bonds. The number of pyridine rings is 1. The SMILES string of the molecule is COc1c2c(nc3c(Cl)c(Cl)ccc13)C(=O)CCC2. The van der Waals surface area contributed by atoms with Gasteiger partial charge in [0.15, 0.2) is 5.78 Å². The maximum Gasteiger partial charge on any atom is 0.181 e. The van der Waals surface area contributed by atoms with Crippen molar-refractivity contribution in [3.63, 3.8) is 0 Å². The van der Waals surface area contributed by atoms with Crippen LogP contribution in [0.4, 0.5) is 0 Å². The fourth-order valence-electron chi connectivity index (χ4n) is 2.52. The summed E-state index contributed by atoms with van der Waals surface area (Å²) in [6.45, 7) is 0. The number of halogens is 2. The first-order valence-electron chi connectivity index (χ1n) is 6.01. The number of rotatable bonds is 1. The van der Waals surface area contributed by atoms with Gasteiger partial charge in [0.25, 0.3) is 0 Å². The molecule has 0 N–H and O–H groups in total. The van der Waals surface area contributed by atoms with E-state index in [1.54, 1.807) is 13.2 Å². The highest BCUT2D eigenvalue weighted by molar-refractivity contribution is 6.45. The van der Waals surface area contributed by atoms with Gasteiger partial charge in [-0.25, -0.2) is 4.98 Å². The van der Waals surface area contributed by atoms with Crippen LogP contribution in [0.2, 0.25) is 10.0 Å². The first-order valence-corrected chi connectivity index (χ1v) is 6.77. The maximum absolute atomic E-state index is 12.0. The second kappa shape index (κ2) is 4.66. The summed E-state index contributed by atoms with van der Waals surface area (Å²) in [7, 11) is 1.59. The Hall–Kier alpha value is -1.32. The van der Waals surface area contributed by atoms with Crippen molar-refractivity contribution >= 4 is 39.9 Å². The first-order chi connectivity index (χ1) is 9.13. The van der Waals surface area contributed by atoms with Gasteiger partial charge in [-0.2, -0.15) is 0 Å². The van der Waals surface area contributed by atoms with Gasteiger partial charge in [-0.05, 0) is 25.0 Å². The largest absolute Gasteiger partial charge is 0.496 e. The molecule has 0 unspecified atom stereocenters. The highest BCUT2D eigenvalue weighted by atomic mass is 35.5. The molecule has 3 nitrogen and oxygen atoms in total. The minimum absolute atomic E-state index is 0.0393. The molecule has 1 heterocycles. The number of hydrogen-bond acceptors (Lipinski definition) is 3.